The number of fused-ring (bicyclic) bond motifs is 1. The summed E-state index contributed by atoms with van der Waals surface area (Å²) >= 11 is 0. The van der Waals surface area contributed by atoms with E-state index < -0.39 is 0 Å². The largest absolute Gasteiger partial charge is 0.256 e. The van der Waals surface area contributed by atoms with Gasteiger partial charge in [-0.15, -0.1) is 0 Å². The molecule has 3 aromatic heterocycles. The SMILES string of the molecule is CCc1cnn2cc(-c3cc(C)ccn3)cnc12. The first-order valence-corrected chi connectivity index (χ1v) is 6.03. The summed E-state index contributed by atoms with van der Waals surface area (Å²) in [6.07, 6.45) is 8.46. The number of aryl methyl sites for hydroxylation is 2. The van der Waals surface area contributed by atoms with Crippen molar-refractivity contribution in [2.75, 3.05) is 0 Å². The Labute approximate surface area is 105 Å². The number of aromatic nitrogens is 4. The molecule has 90 valence electrons. The van der Waals surface area contributed by atoms with Crippen LogP contribution in [0.15, 0.2) is 36.9 Å². The van der Waals surface area contributed by atoms with E-state index in [9.17, 15) is 0 Å². The zero-order valence-electron chi connectivity index (χ0n) is 10.5. The quantitative estimate of drug-likeness (QED) is 0.689. The molecule has 0 fully saturated rings. The van der Waals surface area contributed by atoms with E-state index >= 15 is 0 Å². The van der Waals surface area contributed by atoms with Crippen molar-refractivity contribution in [3.63, 3.8) is 0 Å². The second-order valence-electron chi connectivity index (χ2n) is 4.35. The summed E-state index contributed by atoms with van der Waals surface area (Å²) in [6, 6.07) is 4.03. The Bertz CT molecular complexity index is 700. The average Bonchev–Trinajstić information content (AvgIpc) is 2.80. The van der Waals surface area contributed by atoms with E-state index in [4.69, 9.17) is 0 Å². The van der Waals surface area contributed by atoms with Gasteiger partial charge in [0.2, 0.25) is 0 Å². The van der Waals surface area contributed by atoms with Gasteiger partial charge in [0.25, 0.3) is 0 Å². The van der Waals surface area contributed by atoms with Crippen molar-refractivity contribution in [1.29, 1.82) is 0 Å². The van der Waals surface area contributed by atoms with E-state index in [1.54, 1.807) is 0 Å². The Kier molecular flexibility index (Phi) is 2.55. The third-order valence-electron chi connectivity index (χ3n) is 3.02. The highest BCUT2D eigenvalue weighted by Crippen LogP contribution is 2.18. The Hall–Kier alpha value is -2.23. The molecule has 0 aliphatic rings. The fraction of sp³-hybridized carbons (Fsp3) is 0.214. The van der Waals surface area contributed by atoms with Crippen molar-refractivity contribution in [3.8, 4) is 11.3 Å². The number of hydrogen-bond donors (Lipinski definition) is 0. The molecule has 3 aromatic rings. The van der Waals surface area contributed by atoms with Gasteiger partial charge < -0.3 is 0 Å². The van der Waals surface area contributed by atoms with Gasteiger partial charge in [0.1, 0.15) is 0 Å². The highest BCUT2D eigenvalue weighted by atomic mass is 15.2. The smallest absolute Gasteiger partial charge is 0.158 e. The zero-order chi connectivity index (χ0) is 12.5. The van der Waals surface area contributed by atoms with Gasteiger partial charge >= 0.3 is 0 Å². The molecule has 0 saturated heterocycles. The molecule has 0 N–H and O–H groups in total. The van der Waals surface area contributed by atoms with E-state index in [1.807, 2.05) is 41.4 Å². The standard InChI is InChI=1S/C14H14N4/c1-3-11-8-17-18-9-12(7-16-14(11)18)13-6-10(2)4-5-15-13/h4-9H,3H2,1-2H3. The fourth-order valence-corrected chi connectivity index (χ4v) is 2.00. The van der Waals surface area contributed by atoms with Crippen LogP contribution in [0.3, 0.4) is 0 Å². The predicted molar refractivity (Wildman–Crippen MR) is 70.3 cm³/mol. The van der Waals surface area contributed by atoms with Crippen molar-refractivity contribution in [3.05, 3.63) is 48.0 Å². The van der Waals surface area contributed by atoms with Crippen LogP contribution in [0.1, 0.15) is 18.1 Å². The fourth-order valence-electron chi connectivity index (χ4n) is 2.00. The average molecular weight is 238 g/mol. The van der Waals surface area contributed by atoms with E-state index in [0.717, 1.165) is 23.3 Å². The maximum absolute atomic E-state index is 4.48. The summed E-state index contributed by atoms with van der Waals surface area (Å²) < 4.78 is 1.82. The number of pyridine rings is 1. The summed E-state index contributed by atoms with van der Waals surface area (Å²) in [5.41, 5.74) is 5.19. The van der Waals surface area contributed by atoms with Gasteiger partial charge in [0, 0.05) is 29.7 Å². The molecule has 0 unspecified atom stereocenters. The van der Waals surface area contributed by atoms with Gasteiger partial charge in [0.15, 0.2) is 5.65 Å². The minimum absolute atomic E-state index is 0.925. The molecule has 0 amide bonds. The van der Waals surface area contributed by atoms with Gasteiger partial charge in [-0.2, -0.15) is 5.10 Å². The Morgan fingerprint density at radius 1 is 1.22 bits per heavy atom. The Balaban J connectivity index is 2.14. The normalized spacial score (nSPS) is 11.0. The lowest BCUT2D eigenvalue weighted by Gasteiger charge is -2.02. The second-order valence-corrected chi connectivity index (χ2v) is 4.35. The number of nitrogens with zero attached hydrogens (tertiary/aromatic N) is 4. The monoisotopic (exact) mass is 238 g/mol. The molecule has 0 bridgehead atoms. The van der Waals surface area contributed by atoms with Crippen LogP contribution in [0.5, 0.6) is 0 Å². The van der Waals surface area contributed by atoms with Crippen molar-refractivity contribution >= 4 is 5.65 Å². The van der Waals surface area contributed by atoms with Gasteiger partial charge in [-0.1, -0.05) is 6.92 Å². The van der Waals surface area contributed by atoms with Gasteiger partial charge in [-0.3, -0.25) is 4.98 Å². The first kappa shape index (κ1) is 10.9. The maximum atomic E-state index is 4.48. The van der Waals surface area contributed by atoms with Gasteiger partial charge in [-0.25, -0.2) is 9.50 Å². The first-order chi connectivity index (χ1) is 8.78. The van der Waals surface area contributed by atoms with Crippen molar-refractivity contribution in [2.24, 2.45) is 0 Å². The molecule has 0 atom stereocenters. The van der Waals surface area contributed by atoms with Crippen molar-refractivity contribution in [1.82, 2.24) is 19.6 Å². The molecule has 3 rings (SSSR count). The van der Waals surface area contributed by atoms with Crippen LogP contribution in [0.25, 0.3) is 16.9 Å². The van der Waals surface area contributed by atoms with Gasteiger partial charge in [-0.05, 0) is 31.0 Å². The maximum Gasteiger partial charge on any atom is 0.158 e. The van der Waals surface area contributed by atoms with E-state index in [-0.39, 0.29) is 0 Å². The number of hydrogen-bond acceptors (Lipinski definition) is 3. The van der Waals surface area contributed by atoms with E-state index in [1.165, 1.54) is 11.1 Å². The lowest BCUT2D eigenvalue weighted by Crippen LogP contribution is -1.94. The van der Waals surface area contributed by atoms with Crippen LogP contribution >= 0.6 is 0 Å². The minimum atomic E-state index is 0.925. The Morgan fingerprint density at radius 2 is 2.11 bits per heavy atom. The molecule has 0 aromatic carbocycles. The first-order valence-electron chi connectivity index (χ1n) is 6.03. The molecule has 4 heteroatoms. The van der Waals surface area contributed by atoms with E-state index in [0.29, 0.717) is 0 Å². The second kappa shape index (κ2) is 4.22. The van der Waals surface area contributed by atoms with Crippen molar-refractivity contribution < 1.29 is 0 Å². The Morgan fingerprint density at radius 3 is 2.89 bits per heavy atom. The summed E-state index contributed by atoms with van der Waals surface area (Å²) in [5, 5.41) is 4.32. The molecular formula is C14H14N4. The summed E-state index contributed by atoms with van der Waals surface area (Å²) in [5.74, 6) is 0. The van der Waals surface area contributed by atoms with Crippen LogP contribution in [-0.4, -0.2) is 19.6 Å². The molecule has 0 spiro atoms. The third-order valence-corrected chi connectivity index (χ3v) is 3.02. The highest BCUT2D eigenvalue weighted by Gasteiger charge is 2.06. The van der Waals surface area contributed by atoms with Crippen molar-refractivity contribution in [2.45, 2.75) is 20.3 Å². The summed E-state index contributed by atoms with van der Waals surface area (Å²) in [7, 11) is 0. The molecule has 18 heavy (non-hydrogen) atoms. The highest BCUT2D eigenvalue weighted by molar-refractivity contribution is 5.60. The molecular weight excluding hydrogens is 224 g/mol. The van der Waals surface area contributed by atoms with Crippen LogP contribution in [0.2, 0.25) is 0 Å². The third kappa shape index (κ3) is 1.76. The summed E-state index contributed by atoms with van der Waals surface area (Å²) in [4.78, 5) is 8.84. The molecule has 4 nitrogen and oxygen atoms in total. The lowest BCUT2D eigenvalue weighted by atomic mass is 10.2. The predicted octanol–water partition coefficient (Wildman–Crippen LogP) is 2.66. The topological polar surface area (TPSA) is 43.1 Å². The van der Waals surface area contributed by atoms with Crippen LogP contribution in [0, 0.1) is 6.92 Å². The van der Waals surface area contributed by atoms with Gasteiger partial charge in [0.05, 0.1) is 11.9 Å². The van der Waals surface area contributed by atoms with E-state index in [2.05, 4.69) is 28.9 Å². The molecule has 0 aliphatic heterocycles. The van der Waals surface area contributed by atoms with Crippen LogP contribution in [0.4, 0.5) is 0 Å². The molecule has 0 saturated carbocycles. The molecule has 0 radical (unpaired) electrons. The molecule has 0 aliphatic carbocycles. The molecule has 3 heterocycles. The summed E-state index contributed by atoms with van der Waals surface area (Å²) in [6.45, 7) is 4.16. The van der Waals surface area contributed by atoms with Crippen LogP contribution in [-0.2, 0) is 6.42 Å². The lowest BCUT2D eigenvalue weighted by molar-refractivity contribution is 0.939. The zero-order valence-corrected chi connectivity index (χ0v) is 10.5. The van der Waals surface area contributed by atoms with Crippen LogP contribution < -0.4 is 0 Å². The number of rotatable bonds is 2. The minimum Gasteiger partial charge on any atom is -0.256 e.